The summed E-state index contributed by atoms with van der Waals surface area (Å²) in [4.78, 5) is 4.63. The van der Waals surface area contributed by atoms with Crippen LogP contribution in [-0.4, -0.2) is 22.2 Å². The Balaban J connectivity index is 1.66. The zero-order chi connectivity index (χ0) is 14.7. The zero-order valence-electron chi connectivity index (χ0n) is 12.1. The lowest BCUT2D eigenvalue weighted by molar-refractivity contribution is 0.285. The fraction of sp³-hybridized carbons (Fsp3) is 0.235. The third kappa shape index (κ3) is 3.06. The Hall–Kier alpha value is -2.33. The fourth-order valence-electron chi connectivity index (χ4n) is 2.39. The van der Waals surface area contributed by atoms with Gasteiger partial charge < -0.3 is 15.0 Å². The van der Waals surface area contributed by atoms with Crippen LogP contribution < -0.4 is 10.5 Å². The van der Waals surface area contributed by atoms with Crippen molar-refractivity contribution in [3.8, 4) is 5.75 Å². The van der Waals surface area contributed by atoms with Crippen molar-refractivity contribution in [1.29, 1.82) is 0 Å². The van der Waals surface area contributed by atoms with Crippen molar-refractivity contribution in [2.45, 2.75) is 12.5 Å². The first-order chi connectivity index (χ1) is 10.2. The van der Waals surface area contributed by atoms with Gasteiger partial charge in [-0.15, -0.1) is 0 Å². The van der Waals surface area contributed by atoms with E-state index in [0.717, 1.165) is 22.6 Å². The van der Waals surface area contributed by atoms with E-state index in [4.69, 9.17) is 10.5 Å². The number of nitrogens with zero attached hydrogens (tertiary/aromatic N) is 2. The number of ether oxygens (including phenoxy) is 1. The molecule has 4 nitrogen and oxygen atoms in total. The van der Waals surface area contributed by atoms with Crippen LogP contribution >= 0.6 is 0 Å². The smallest absolute Gasteiger partial charge is 0.119 e. The van der Waals surface area contributed by atoms with Crippen LogP contribution in [0.4, 0.5) is 0 Å². The zero-order valence-corrected chi connectivity index (χ0v) is 12.1. The van der Waals surface area contributed by atoms with Gasteiger partial charge in [0, 0.05) is 19.5 Å². The summed E-state index contributed by atoms with van der Waals surface area (Å²) in [5.74, 6) is 1.83. The molecule has 3 rings (SSSR count). The molecule has 0 radical (unpaired) electrons. The highest BCUT2D eigenvalue weighted by Gasteiger charge is 2.12. The van der Waals surface area contributed by atoms with Gasteiger partial charge in [-0.1, -0.05) is 30.3 Å². The van der Waals surface area contributed by atoms with Gasteiger partial charge in [-0.3, -0.25) is 0 Å². The molecule has 0 spiro atoms. The maximum absolute atomic E-state index is 6.17. The van der Waals surface area contributed by atoms with Crippen molar-refractivity contribution < 1.29 is 4.74 Å². The quantitative estimate of drug-likeness (QED) is 0.782. The van der Waals surface area contributed by atoms with E-state index in [-0.39, 0.29) is 6.04 Å². The predicted molar refractivity (Wildman–Crippen MR) is 84.3 cm³/mol. The highest BCUT2D eigenvalue weighted by Crippen LogP contribution is 2.15. The molecular weight excluding hydrogens is 262 g/mol. The predicted octanol–water partition coefficient (Wildman–Crippen LogP) is 2.52. The second-order valence-corrected chi connectivity index (χ2v) is 5.16. The molecule has 2 N–H and O–H groups in total. The lowest BCUT2D eigenvalue weighted by atomic mass is 10.2. The summed E-state index contributed by atoms with van der Waals surface area (Å²) < 4.78 is 7.79. The van der Waals surface area contributed by atoms with Gasteiger partial charge in [0.1, 0.15) is 18.2 Å². The van der Waals surface area contributed by atoms with Crippen molar-refractivity contribution >= 4 is 11.0 Å². The minimum absolute atomic E-state index is 0.0827. The molecule has 4 heteroatoms. The Kier molecular flexibility index (Phi) is 3.88. The molecule has 0 aliphatic rings. The molecule has 1 unspecified atom stereocenters. The molecule has 0 bridgehead atoms. The molecular formula is C17H19N3O. The minimum atomic E-state index is -0.0827. The standard InChI is InChI=1S/C17H19N3O/c1-20-16-10-6-5-9-15(16)19-17(20)11-13(18)12-21-14-7-3-2-4-8-14/h2-10,13H,11-12,18H2,1H3. The van der Waals surface area contributed by atoms with E-state index in [1.165, 1.54) is 0 Å². The molecule has 0 aliphatic carbocycles. The first-order valence-electron chi connectivity index (χ1n) is 7.08. The number of hydrogen-bond acceptors (Lipinski definition) is 3. The van der Waals surface area contributed by atoms with Gasteiger partial charge in [0.15, 0.2) is 0 Å². The average Bonchev–Trinajstić information content (AvgIpc) is 2.83. The number of aromatic nitrogens is 2. The average molecular weight is 281 g/mol. The van der Waals surface area contributed by atoms with Crippen molar-refractivity contribution in [3.63, 3.8) is 0 Å². The van der Waals surface area contributed by atoms with E-state index >= 15 is 0 Å². The third-order valence-electron chi connectivity index (χ3n) is 3.53. The van der Waals surface area contributed by atoms with Gasteiger partial charge in [0.05, 0.1) is 11.0 Å². The van der Waals surface area contributed by atoms with Crippen LogP contribution in [0.5, 0.6) is 5.75 Å². The molecule has 0 saturated carbocycles. The number of para-hydroxylation sites is 3. The van der Waals surface area contributed by atoms with Gasteiger partial charge in [-0.05, 0) is 24.3 Å². The number of rotatable bonds is 5. The number of hydrogen-bond donors (Lipinski definition) is 1. The highest BCUT2D eigenvalue weighted by atomic mass is 16.5. The number of nitrogens with two attached hydrogens (primary N) is 1. The van der Waals surface area contributed by atoms with Gasteiger partial charge in [0.25, 0.3) is 0 Å². The second-order valence-electron chi connectivity index (χ2n) is 5.16. The van der Waals surface area contributed by atoms with Gasteiger partial charge in [-0.2, -0.15) is 0 Å². The maximum Gasteiger partial charge on any atom is 0.119 e. The molecule has 1 atom stereocenters. The summed E-state index contributed by atoms with van der Waals surface area (Å²) in [6.45, 7) is 0.479. The second kappa shape index (κ2) is 5.97. The summed E-state index contributed by atoms with van der Waals surface area (Å²) in [5, 5.41) is 0. The number of imidazole rings is 1. The van der Waals surface area contributed by atoms with Crippen molar-refractivity contribution in [2.24, 2.45) is 12.8 Å². The molecule has 3 aromatic rings. The monoisotopic (exact) mass is 281 g/mol. The lowest BCUT2D eigenvalue weighted by Crippen LogP contribution is -2.31. The first-order valence-corrected chi connectivity index (χ1v) is 7.08. The van der Waals surface area contributed by atoms with E-state index in [2.05, 4.69) is 15.6 Å². The van der Waals surface area contributed by atoms with Crippen LogP contribution in [0.2, 0.25) is 0 Å². The Morgan fingerprint density at radius 2 is 1.81 bits per heavy atom. The van der Waals surface area contributed by atoms with Gasteiger partial charge >= 0.3 is 0 Å². The number of benzene rings is 2. The van der Waals surface area contributed by atoms with Crippen LogP contribution in [0.25, 0.3) is 11.0 Å². The summed E-state index contributed by atoms with van der Waals surface area (Å²) in [6.07, 6.45) is 0.692. The van der Waals surface area contributed by atoms with Crippen molar-refractivity contribution in [2.75, 3.05) is 6.61 Å². The Morgan fingerprint density at radius 1 is 1.10 bits per heavy atom. The summed E-state index contributed by atoms with van der Waals surface area (Å²) in [6, 6.07) is 17.8. The topological polar surface area (TPSA) is 53.1 Å². The van der Waals surface area contributed by atoms with E-state index in [1.54, 1.807) is 0 Å². The van der Waals surface area contributed by atoms with E-state index < -0.39 is 0 Å². The van der Waals surface area contributed by atoms with Gasteiger partial charge in [0.2, 0.25) is 0 Å². The summed E-state index contributed by atoms with van der Waals surface area (Å²) >= 11 is 0. The van der Waals surface area contributed by atoms with Crippen LogP contribution in [0.15, 0.2) is 54.6 Å². The molecule has 0 saturated heterocycles. The van der Waals surface area contributed by atoms with E-state index in [9.17, 15) is 0 Å². The first kappa shape index (κ1) is 13.6. The largest absolute Gasteiger partial charge is 0.492 e. The summed E-state index contributed by atoms with van der Waals surface area (Å²) in [7, 11) is 2.02. The molecule has 1 aromatic heterocycles. The molecule has 1 heterocycles. The van der Waals surface area contributed by atoms with Crippen LogP contribution in [-0.2, 0) is 13.5 Å². The highest BCUT2D eigenvalue weighted by molar-refractivity contribution is 5.75. The normalized spacial score (nSPS) is 12.5. The minimum Gasteiger partial charge on any atom is -0.492 e. The molecule has 2 aromatic carbocycles. The SMILES string of the molecule is Cn1c(CC(N)COc2ccccc2)nc2ccccc21. The summed E-state index contributed by atoms with van der Waals surface area (Å²) in [5.41, 5.74) is 8.30. The van der Waals surface area contributed by atoms with Crippen molar-refractivity contribution in [1.82, 2.24) is 9.55 Å². The Bertz CT molecular complexity index is 721. The maximum atomic E-state index is 6.17. The molecule has 21 heavy (non-hydrogen) atoms. The molecule has 0 fully saturated rings. The Morgan fingerprint density at radius 3 is 2.57 bits per heavy atom. The van der Waals surface area contributed by atoms with Crippen LogP contribution in [0, 0.1) is 0 Å². The molecule has 108 valence electrons. The van der Waals surface area contributed by atoms with Gasteiger partial charge in [-0.25, -0.2) is 4.98 Å². The van der Waals surface area contributed by atoms with Crippen LogP contribution in [0.1, 0.15) is 5.82 Å². The van der Waals surface area contributed by atoms with E-state index in [1.807, 2.05) is 55.6 Å². The van der Waals surface area contributed by atoms with E-state index in [0.29, 0.717) is 13.0 Å². The Labute approximate surface area is 124 Å². The molecule has 0 aliphatic heterocycles. The number of aryl methyl sites for hydroxylation is 1. The van der Waals surface area contributed by atoms with Crippen molar-refractivity contribution in [3.05, 3.63) is 60.4 Å². The lowest BCUT2D eigenvalue weighted by Gasteiger charge is -2.13. The third-order valence-corrected chi connectivity index (χ3v) is 3.53. The van der Waals surface area contributed by atoms with Crippen LogP contribution in [0.3, 0.4) is 0 Å². The number of fused-ring (bicyclic) bond motifs is 1. The molecule has 0 amide bonds. The fourth-order valence-corrected chi connectivity index (χ4v) is 2.39.